The molecule has 0 amide bonds. The molecule has 1 heterocycles. The van der Waals surface area contributed by atoms with Gasteiger partial charge < -0.3 is 29.2 Å². The molecule has 0 saturated carbocycles. The van der Waals surface area contributed by atoms with Crippen molar-refractivity contribution in [3.63, 3.8) is 0 Å². The molecule has 0 aliphatic carbocycles. The fraction of sp³-hybridized carbons (Fsp3) is 0.909. The van der Waals surface area contributed by atoms with Gasteiger partial charge in [0.2, 0.25) is 0 Å². The highest BCUT2D eigenvalue weighted by atomic mass is 32.1. The van der Waals surface area contributed by atoms with E-state index >= 15 is 0 Å². The first-order chi connectivity index (χ1) is 8.92. The van der Waals surface area contributed by atoms with E-state index < -0.39 is 42.1 Å². The zero-order chi connectivity index (χ0) is 14.6. The normalized spacial score (nSPS) is 36.8. The predicted octanol–water partition coefficient (Wildman–Crippen LogP) is -0.696. The molecule has 0 aromatic rings. The van der Waals surface area contributed by atoms with E-state index in [1.54, 1.807) is 13.8 Å². The Morgan fingerprint density at radius 3 is 2.53 bits per heavy atom. The highest BCUT2D eigenvalue weighted by Gasteiger charge is 2.49. The molecule has 19 heavy (non-hydrogen) atoms. The lowest BCUT2D eigenvalue weighted by molar-refractivity contribution is -0.302. The van der Waals surface area contributed by atoms with Gasteiger partial charge in [-0.1, -0.05) is 0 Å². The van der Waals surface area contributed by atoms with Crippen LogP contribution in [0.2, 0.25) is 0 Å². The van der Waals surface area contributed by atoms with Gasteiger partial charge in [-0.2, -0.15) is 0 Å². The van der Waals surface area contributed by atoms with Crippen molar-refractivity contribution >= 4 is 18.6 Å². The highest BCUT2D eigenvalue weighted by Crippen LogP contribution is 2.26. The summed E-state index contributed by atoms with van der Waals surface area (Å²) in [7, 11) is 1.20. The summed E-state index contributed by atoms with van der Waals surface area (Å²) in [6, 6.07) is 0. The monoisotopic (exact) mass is 296 g/mol. The predicted molar refractivity (Wildman–Crippen MR) is 67.6 cm³/mol. The third kappa shape index (κ3) is 4.04. The Morgan fingerprint density at radius 2 is 2.05 bits per heavy atom. The molecular formula is C11H20O7S. The van der Waals surface area contributed by atoms with Crippen LogP contribution in [0.1, 0.15) is 13.8 Å². The summed E-state index contributed by atoms with van der Waals surface area (Å²) in [6.07, 6.45) is -6.02. The second-order valence-electron chi connectivity index (χ2n) is 4.08. The minimum atomic E-state index is -1.34. The van der Waals surface area contributed by atoms with Gasteiger partial charge in [-0.25, -0.2) is 4.79 Å². The molecule has 1 rings (SSSR count). The van der Waals surface area contributed by atoms with Crippen LogP contribution in [0.5, 0.6) is 0 Å². The summed E-state index contributed by atoms with van der Waals surface area (Å²) < 4.78 is 20.3. The molecule has 1 fully saturated rings. The van der Waals surface area contributed by atoms with E-state index in [1.807, 2.05) is 0 Å². The SMILES string of the molecule is CCO[C@H]1C(C(=O)OC)O[C@H](OC(C)S)C(O)C1O. The molecule has 7 nitrogen and oxygen atoms in total. The number of esters is 1. The second kappa shape index (κ2) is 7.41. The first-order valence-corrected chi connectivity index (χ1v) is 6.48. The third-order valence-corrected chi connectivity index (χ3v) is 2.79. The molecule has 0 radical (unpaired) electrons. The smallest absolute Gasteiger partial charge is 0.337 e. The number of methoxy groups -OCH3 is 1. The number of rotatable bonds is 5. The van der Waals surface area contributed by atoms with Crippen LogP contribution in [0, 0.1) is 0 Å². The maximum absolute atomic E-state index is 11.6. The highest BCUT2D eigenvalue weighted by molar-refractivity contribution is 7.80. The van der Waals surface area contributed by atoms with Crippen molar-refractivity contribution in [1.82, 2.24) is 0 Å². The first-order valence-electron chi connectivity index (χ1n) is 5.96. The van der Waals surface area contributed by atoms with E-state index in [1.165, 1.54) is 7.11 Å². The molecule has 0 aromatic heterocycles. The van der Waals surface area contributed by atoms with Crippen LogP contribution in [0.4, 0.5) is 0 Å². The molecular weight excluding hydrogens is 276 g/mol. The van der Waals surface area contributed by atoms with Crippen LogP contribution in [0.3, 0.4) is 0 Å². The summed E-state index contributed by atoms with van der Waals surface area (Å²) in [4.78, 5) is 11.6. The lowest BCUT2D eigenvalue weighted by Gasteiger charge is -2.41. The second-order valence-corrected chi connectivity index (χ2v) is 4.81. The number of ether oxygens (including phenoxy) is 4. The molecule has 1 aliphatic heterocycles. The van der Waals surface area contributed by atoms with Crippen molar-refractivity contribution in [3.05, 3.63) is 0 Å². The molecule has 0 spiro atoms. The van der Waals surface area contributed by atoms with Crippen molar-refractivity contribution in [2.24, 2.45) is 0 Å². The lowest BCUT2D eigenvalue weighted by atomic mass is 9.98. The van der Waals surface area contributed by atoms with Crippen molar-refractivity contribution < 1.29 is 34.0 Å². The van der Waals surface area contributed by atoms with Crippen molar-refractivity contribution in [2.45, 2.75) is 50.0 Å². The minimum absolute atomic E-state index is 0.250. The van der Waals surface area contributed by atoms with Crippen LogP contribution in [-0.4, -0.2) is 66.0 Å². The number of carbonyl (C=O) groups is 1. The van der Waals surface area contributed by atoms with Crippen molar-refractivity contribution in [1.29, 1.82) is 0 Å². The van der Waals surface area contributed by atoms with Crippen molar-refractivity contribution in [2.75, 3.05) is 13.7 Å². The van der Waals surface area contributed by atoms with Gasteiger partial charge in [-0.05, 0) is 13.8 Å². The van der Waals surface area contributed by atoms with Gasteiger partial charge in [-0.15, -0.1) is 12.6 Å². The Hall–Kier alpha value is -0.380. The van der Waals surface area contributed by atoms with E-state index in [9.17, 15) is 15.0 Å². The minimum Gasteiger partial charge on any atom is -0.467 e. The Labute approximate surface area is 117 Å². The molecule has 2 N–H and O–H groups in total. The zero-order valence-electron chi connectivity index (χ0n) is 11.1. The Bertz CT molecular complexity index is 299. The van der Waals surface area contributed by atoms with Gasteiger partial charge >= 0.3 is 5.97 Å². The number of aliphatic hydroxyl groups is 2. The van der Waals surface area contributed by atoms with E-state index in [-0.39, 0.29) is 6.61 Å². The molecule has 0 aromatic carbocycles. The number of hydrogen-bond donors (Lipinski definition) is 3. The largest absolute Gasteiger partial charge is 0.467 e. The van der Waals surface area contributed by atoms with Crippen molar-refractivity contribution in [3.8, 4) is 0 Å². The molecule has 1 saturated heterocycles. The van der Waals surface area contributed by atoms with Gasteiger partial charge in [0.1, 0.15) is 23.7 Å². The Morgan fingerprint density at radius 1 is 1.42 bits per heavy atom. The summed E-state index contributed by atoms with van der Waals surface area (Å²) in [5, 5.41) is 19.9. The molecule has 1 aliphatic rings. The van der Waals surface area contributed by atoms with Crippen LogP contribution in [0.15, 0.2) is 0 Å². The average molecular weight is 296 g/mol. The molecule has 4 unspecified atom stereocenters. The Balaban J connectivity index is 2.87. The van der Waals surface area contributed by atoms with Gasteiger partial charge in [0.25, 0.3) is 0 Å². The number of hydrogen-bond acceptors (Lipinski definition) is 8. The average Bonchev–Trinajstić information content (AvgIpc) is 2.37. The van der Waals surface area contributed by atoms with E-state index in [0.29, 0.717) is 0 Å². The van der Waals surface area contributed by atoms with Gasteiger partial charge in [0, 0.05) is 6.61 Å². The number of thiol groups is 1. The number of carbonyl (C=O) groups excluding carboxylic acids is 1. The van der Waals surface area contributed by atoms with E-state index in [4.69, 9.17) is 14.2 Å². The maximum Gasteiger partial charge on any atom is 0.337 e. The molecule has 0 bridgehead atoms. The van der Waals surface area contributed by atoms with Gasteiger partial charge in [0.15, 0.2) is 12.4 Å². The van der Waals surface area contributed by atoms with Gasteiger partial charge in [-0.3, -0.25) is 0 Å². The molecule has 6 atom stereocenters. The molecule has 8 heteroatoms. The maximum atomic E-state index is 11.6. The Kier molecular flexibility index (Phi) is 6.51. The zero-order valence-corrected chi connectivity index (χ0v) is 11.9. The third-order valence-electron chi connectivity index (χ3n) is 2.67. The topological polar surface area (TPSA) is 94.5 Å². The fourth-order valence-corrected chi connectivity index (χ4v) is 1.95. The number of aliphatic hydroxyl groups excluding tert-OH is 2. The lowest BCUT2D eigenvalue weighted by Crippen LogP contribution is -2.61. The first kappa shape index (κ1) is 16.7. The quantitative estimate of drug-likeness (QED) is 0.351. The van der Waals surface area contributed by atoms with Crippen LogP contribution >= 0.6 is 12.6 Å². The van der Waals surface area contributed by atoms with Gasteiger partial charge in [0.05, 0.1) is 7.11 Å². The molecule has 112 valence electrons. The summed E-state index contributed by atoms with van der Waals surface area (Å²) in [5.74, 6) is -0.704. The summed E-state index contributed by atoms with van der Waals surface area (Å²) in [5.41, 5.74) is -0.534. The van der Waals surface area contributed by atoms with Crippen LogP contribution in [-0.2, 0) is 23.7 Å². The fourth-order valence-electron chi connectivity index (χ4n) is 1.83. The summed E-state index contributed by atoms with van der Waals surface area (Å²) in [6.45, 7) is 3.57. The summed E-state index contributed by atoms with van der Waals surface area (Å²) >= 11 is 4.00. The standard InChI is InChI=1S/C11H20O7S/c1-4-16-8-6(12)7(13)11(17-5(2)19)18-9(8)10(14)15-3/h5-9,11-13,19H,4H2,1-3H3/t5?,6?,7?,8-,9?,11+/m1/s1. The van der Waals surface area contributed by atoms with E-state index in [0.717, 1.165) is 0 Å². The van der Waals surface area contributed by atoms with Crippen LogP contribution < -0.4 is 0 Å². The van der Waals surface area contributed by atoms with E-state index in [2.05, 4.69) is 17.4 Å². The van der Waals surface area contributed by atoms with Crippen LogP contribution in [0.25, 0.3) is 0 Å².